The van der Waals surface area contributed by atoms with Gasteiger partial charge in [0.25, 0.3) is 5.91 Å². The number of hydrogen-bond acceptors (Lipinski definition) is 6. The Labute approximate surface area is 150 Å². The fourth-order valence-corrected chi connectivity index (χ4v) is 2.91. The van der Waals surface area contributed by atoms with E-state index in [0.717, 1.165) is 18.4 Å². The standard InChI is InChI=1S/C17H21FN6O2/c1-3-4-9-24-13-14(23(2)17(26)21-15(13)25)20-16(24)22-19-10-11-5-7-12(18)8-6-11/h5-8,10,13-14H,3-4,9H2,1-2H3,(H,20,22)(H,21,25,26)/b19-10+. The third kappa shape index (κ3) is 3.51. The molecule has 9 heteroatoms. The van der Waals surface area contributed by atoms with Gasteiger partial charge in [0.2, 0.25) is 5.96 Å². The van der Waals surface area contributed by atoms with Gasteiger partial charge in [0.05, 0.1) is 6.21 Å². The minimum Gasteiger partial charge on any atom is -0.326 e. The third-order valence-corrected chi connectivity index (χ3v) is 4.36. The first-order valence-electron chi connectivity index (χ1n) is 8.48. The highest BCUT2D eigenvalue weighted by Crippen LogP contribution is 2.23. The molecule has 0 bridgehead atoms. The smallest absolute Gasteiger partial charge is 0.325 e. The summed E-state index contributed by atoms with van der Waals surface area (Å²) < 4.78 is 12.9. The van der Waals surface area contributed by atoms with Crippen LogP contribution in [0.25, 0.3) is 0 Å². The Bertz CT molecular complexity index is 748. The monoisotopic (exact) mass is 360 g/mol. The van der Waals surface area contributed by atoms with Crippen LogP contribution in [0, 0.1) is 5.82 Å². The van der Waals surface area contributed by atoms with Crippen LogP contribution < -0.4 is 10.7 Å². The van der Waals surface area contributed by atoms with Crippen molar-refractivity contribution in [2.24, 2.45) is 10.1 Å². The summed E-state index contributed by atoms with van der Waals surface area (Å²) in [5.74, 6) is -0.246. The average Bonchev–Trinajstić information content (AvgIpc) is 2.99. The Hall–Kier alpha value is -2.97. The summed E-state index contributed by atoms with van der Waals surface area (Å²) in [4.78, 5) is 31.8. The first kappa shape index (κ1) is 17.8. The highest BCUT2D eigenvalue weighted by atomic mass is 19.1. The molecule has 138 valence electrons. The number of likely N-dealkylation sites (N-methyl/N-ethyl adjacent to an activating group) is 1. The van der Waals surface area contributed by atoms with Crippen molar-refractivity contribution in [1.29, 1.82) is 0 Å². The largest absolute Gasteiger partial charge is 0.326 e. The molecule has 0 radical (unpaired) electrons. The number of guanidine groups is 1. The lowest BCUT2D eigenvalue weighted by Gasteiger charge is -2.36. The summed E-state index contributed by atoms with van der Waals surface area (Å²) in [7, 11) is 1.60. The maximum atomic E-state index is 12.9. The van der Waals surface area contributed by atoms with Crippen molar-refractivity contribution in [3.8, 4) is 0 Å². The van der Waals surface area contributed by atoms with E-state index in [1.807, 2.05) is 4.90 Å². The Morgan fingerprint density at radius 1 is 1.35 bits per heavy atom. The molecule has 2 heterocycles. The van der Waals surface area contributed by atoms with Gasteiger partial charge in [0.1, 0.15) is 5.82 Å². The number of nitrogens with one attached hydrogen (secondary N) is 2. The zero-order chi connectivity index (χ0) is 18.7. The van der Waals surface area contributed by atoms with Crippen molar-refractivity contribution < 1.29 is 14.0 Å². The number of amides is 3. The number of imide groups is 1. The van der Waals surface area contributed by atoms with Gasteiger partial charge in [-0.15, -0.1) is 0 Å². The van der Waals surface area contributed by atoms with E-state index in [2.05, 4.69) is 27.8 Å². The lowest BCUT2D eigenvalue weighted by molar-refractivity contribution is -0.127. The van der Waals surface area contributed by atoms with Crippen LogP contribution >= 0.6 is 0 Å². The Kier molecular flexibility index (Phi) is 5.15. The third-order valence-electron chi connectivity index (χ3n) is 4.36. The normalized spacial score (nSPS) is 22.5. The Morgan fingerprint density at radius 2 is 2.08 bits per heavy atom. The van der Waals surface area contributed by atoms with Crippen LogP contribution in [-0.4, -0.2) is 59.7 Å². The predicted molar refractivity (Wildman–Crippen MR) is 95.1 cm³/mol. The van der Waals surface area contributed by atoms with Crippen LogP contribution in [0.3, 0.4) is 0 Å². The van der Waals surface area contributed by atoms with Crippen molar-refractivity contribution in [3.05, 3.63) is 35.6 Å². The van der Waals surface area contributed by atoms with Gasteiger partial charge in [-0.3, -0.25) is 10.1 Å². The summed E-state index contributed by atoms with van der Waals surface area (Å²) >= 11 is 0. The van der Waals surface area contributed by atoms with Gasteiger partial charge in [-0.05, 0) is 24.1 Å². The number of urea groups is 1. The average molecular weight is 360 g/mol. The molecule has 0 saturated carbocycles. The molecule has 3 rings (SSSR count). The molecular weight excluding hydrogens is 339 g/mol. The number of nitrogens with zero attached hydrogens (tertiary/aromatic N) is 4. The van der Waals surface area contributed by atoms with E-state index < -0.39 is 18.2 Å². The number of benzene rings is 1. The minimum absolute atomic E-state index is 0.316. The van der Waals surface area contributed by atoms with Gasteiger partial charge in [0.15, 0.2) is 12.2 Å². The summed E-state index contributed by atoms with van der Waals surface area (Å²) in [5.41, 5.74) is 3.57. The van der Waals surface area contributed by atoms with Crippen molar-refractivity contribution in [2.75, 3.05) is 13.6 Å². The number of unbranched alkanes of at least 4 members (excludes halogenated alkanes) is 1. The molecule has 2 N–H and O–H groups in total. The first-order valence-corrected chi connectivity index (χ1v) is 8.48. The zero-order valence-corrected chi connectivity index (χ0v) is 14.6. The number of halogens is 1. The zero-order valence-electron chi connectivity index (χ0n) is 14.6. The predicted octanol–water partition coefficient (Wildman–Crippen LogP) is 1.10. The van der Waals surface area contributed by atoms with Gasteiger partial charge in [-0.2, -0.15) is 5.10 Å². The summed E-state index contributed by atoms with van der Waals surface area (Å²) in [6.45, 7) is 2.67. The molecule has 2 aliphatic rings. The molecule has 0 aromatic heterocycles. The molecule has 1 aromatic carbocycles. The summed E-state index contributed by atoms with van der Waals surface area (Å²) in [5, 5.41) is 6.48. The van der Waals surface area contributed by atoms with Crippen LogP contribution in [0.15, 0.2) is 34.4 Å². The number of carbonyl (C=O) groups is 2. The van der Waals surface area contributed by atoms with E-state index in [-0.39, 0.29) is 11.7 Å². The topological polar surface area (TPSA) is 89.4 Å². The molecule has 2 atom stereocenters. The second-order valence-corrected chi connectivity index (χ2v) is 6.18. The minimum atomic E-state index is -0.586. The van der Waals surface area contributed by atoms with Gasteiger partial charge < -0.3 is 9.80 Å². The molecule has 3 amide bonds. The number of aliphatic imine (C=N–C) groups is 1. The number of fused-ring (bicyclic) bond motifs is 1. The van der Waals surface area contributed by atoms with E-state index in [9.17, 15) is 14.0 Å². The number of carbonyl (C=O) groups excluding carboxylic acids is 2. The van der Waals surface area contributed by atoms with Crippen LogP contribution in [0.2, 0.25) is 0 Å². The van der Waals surface area contributed by atoms with E-state index in [0.29, 0.717) is 12.5 Å². The molecule has 0 aliphatic carbocycles. The maximum Gasteiger partial charge on any atom is 0.325 e. The number of hydrogen-bond donors (Lipinski definition) is 2. The van der Waals surface area contributed by atoms with Crippen molar-refractivity contribution in [1.82, 2.24) is 20.5 Å². The Morgan fingerprint density at radius 3 is 2.77 bits per heavy atom. The van der Waals surface area contributed by atoms with Gasteiger partial charge in [0, 0.05) is 13.6 Å². The van der Waals surface area contributed by atoms with Crippen molar-refractivity contribution >= 4 is 24.1 Å². The van der Waals surface area contributed by atoms with Crippen LogP contribution in [-0.2, 0) is 4.79 Å². The molecule has 1 aromatic rings. The fourth-order valence-electron chi connectivity index (χ4n) is 2.91. The fraction of sp³-hybridized carbons (Fsp3) is 0.412. The molecule has 2 unspecified atom stereocenters. The van der Waals surface area contributed by atoms with Crippen LogP contribution in [0.5, 0.6) is 0 Å². The SMILES string of the molecule is CCCCN1C(N/N=C/c2ccc(F)cc2)=NC2C1C(=O)NC(=O)N2C. The summed E-state index contributed by atoms with van der Waals surface area (Å²) in [6.07, 6.45) is 2.78. The molecule has 1 saturated heterocycles. The van der Waals surface area contributed by atoms with E-state index >= 15 is 0 Å². The maximum absolute atomic E-state index is 12.9. The molecule has 1 fully saturated rings. The second kappa shape index (κ2) is 7.51. The molecule has 2 aliphatic heterocycles. The second-order valence-electron chi connectivity index (χ2n) is 6.18. The molecule has 8 nitrogen and oxygen atoms in total. The highest BCUT2D eigenvalue weighted by molar-refractivity contribution is 6.03. The lowest BCUT2D eigenvalue weighted by atomic mass is 10.1. The van der Waals surface area contributed by atoms with Crippen molar-refractivity contribution in [2.45, 2.75) is 32.0 Å². The Balaban J connectivity index is 1.77. The first-order chi connectivity index (χ1) is 12.5. The van der Waals surface area contributed by atoms with E-state index in [1.54, 1.807) is 19.2 Å². The quantitative estimate of drug-likeness (QED) is 0.608. The lowest BCUT2D eigenvalue weighted by Crippen LogP contribution is -2.64. The van der Waals surface area contributed by atoms with Crippen LogP contribution in [0.1, 0.15) is 25.3 Å². The van der Waals surface area contributed by atoms with Crippen LogP contribution in [0.4, 0.5) is 9.18 Å². The van der Waals surface area contributed by atoms with Gasteiger partial charge in [-0.25, -0.2) is 19.6 Å². The molecular formula is C17H21FN6O2. The summed E-state index contributed by atoms with van der Waals surface area (Å²) in [6, 6.07) is 4.86. The molecule has 0 spiro atoms. The van der Waals surface area contributed by atoms with Gasteiger partial charge in [-0.1, -0.05) is 25.5 Å². The van der Waals surface area contributed by atoms with Crippen molar-refractivity contribution in [3.63, 3.8) is 0 Å². The number of rotatable bonds is 5. The molecule has 26 heavy (non-hydrogen) atoms. The van der Waals surface area contributed by atoms with E-state index in [4.69, 9.17) is 0 Å². The van der Waals surface area contributed by atoms with E-state index in [1.165, 1.54) is 23.2 Å². The number of hydrazone groups is 1. The highest BCUT2D eigenvalue weighted by Gasteiger charge is 2.48. The van der Waals surface area contributed by atoms with Gasteiger partial charge >= 0.3 is 6.03 Å².